The van der Waals surface area contributed by atoms with E-state index in [-0.39, 0.29) is 17.5 Å². The second kappa shape index (κ2) is 10.1. The molecule has 1 saturated heterocycles. The van der Waals surface area contributed by atoms with Crippen LogP contribution in [0.5, 0.6) is 0 Å². The maximum atomic E-state index is 14.8. The fourth-order valence-electron chi connectivity index (χ4n) is 4.11. The van der Waals surface area contributed by atoms with Crippen LogP contribution in [0.1, 0.15) is 12.0 Å². The number of hydrogen-bond acceptors (Lipinski definition) is 7. The van der Waals surface area contributed by atoms with Crippen LogP contribution in [0.15, 0.2) is 67.0 Å². The number of aromatic nitrogens is 3. The SMILES string of the molecule is O=S(=O)(Cc1ccccc1)Nc1ccc(-c2cnc3nc(N[C@@H]4CNC[C@@H](F)C4)ncc3c2)cc1F. The number of nitrogens with one attached hydrogen (secondary N) is 3. The number of piperidine rings is 1. The van der Waals surface area contributed by atoms with Gasteiger partial charge < -0.3 is 10.6 Å². The van der Waals surface area contributed by atoms with Gasteiger partial charge in [-0.15, -0.1) is 0 Å². The molecule has 0 aliphatic carbocycles. The van der Waals surface area contributed by atoms with Gasteiger partial charge in [0.05, 0.1) is 11.4 Å². The summed E-state index contributed by atoms with van der Waals surface area (Å²) in [5.74, 6) is -0.597. The Morgan fingerprint density at radius 2 is 1.83 bits per heavy atom. The highest BCUT2D eigenvalue weighted by Crippen LogP contribution is 2.27. The summed E-state index contributed by atoms with van der Waals surface area (Å²) in [7, 11) is -3.78. The Labute approximate surface area is 207 Å². The van der Waals surface area contributed by atoms with E-state index < -0.39 is 22.0 Å². The first-order valence-corrected chi connectivity index (χ1v) is 13.1. The van der Waals surface area contributed by atoms with Gasteiger partial charge in [0.15, 0.2) is 5.65 Å². The summed E-state index contributed by atoms with van der Waals surface area (Å²) in [6, 6.07) is 14.6. The minimum absolute atomic E-state index is 0.114. The normalized spacial score (nSPS) is 18.2. The predicted octanol–water partition coefficient (Wildman–Crippen LogP) is 3.88. The monoisotopic (exact) mass is 510 g/mol. The van der Waals surface area contributed by atoms with Crippen LogP contribution in [0.25, 0.3) is 22.2 Å². The van der Waals surface area contributed by atoms with Gasteiger partial charge >= 0.3 is 0 Å². The lowest BCUT2D eigenvalue weighted by molar-refractivity contribution is 0.254. The summed E-state index contributed by atoms with van der Waals surface area (Å²) < 4.78 is 55.7. The number of halogens is 2. The fourth-order valence-corrected chi connectivity index (χ4v) is 5.31. The summed E-state index contributed by atoms with van der Waals surface area (Å²) >= 11 is 0. The molecule has 0 amide bonds. The number of benzene rings is 2. The summed E-state index contributed by atoms with van der Waals surface area (Å²) in [5.41, 5.74) is 2.07. The standard InChI is InChI=1S/C25H24F2N6O2S/c26-20-10-21(14-28-13-20)31-25-30-12-19-8-18(11-29-24(19)32-25)17-6-7-23(22(27)9-17)33-36(34,35)15-16-4-2-1-3-5-16/h1-9,11-12,20-21,28,33H,10,13-15H2,(H,29,30,31,32)/t20-,21-/m0/s1. The summed E-state index contributed by atoms with van der Waals surface area (Å²) in [4.78, 5) is 13.1. The van der Waals surface area contributed by atoms with Crippen LogP contribution in [-0.2, 0) is 15.8 Å². The molecule has 5 rings (SSSR count). The maximum Gasteiger partial charge on any atom is 0.237 e. The van der Waals surface area contributed by atoms with Gasteiger partial charge in [0.2, 0.25) is 16.0 Å². The van der Waals surface area contributed by atoms with Gasteiger partial charge in [-0.25, -0.2) is 27.2 Å². The molecule has 1 aliphatic heterocycles. The van der Waals surface area contributed by atoms with Crippen molar-refractivity contribution in [2.75, 3.05) is 23.1 Å². The number of anilines is 2. The minimum atomic E-state index is -3.78. The number of rotatable bonds is 7. The van der Waals surface area contributed by atoms with Crippen molar-refractivity contribution < 1.29 is 17.2 Å². The zero-order valence-corrected chi connectivity index (χ0v) is 20.0. The zero-order valence-electron chi connectivity index (χ0n) is 19.2. The molecule has 8 nitrogen and oxygen atoms in total. The molecule has 0 bridgehead atoms. The molecule has 0 spiro atoms. The van der Waals surface area contributed by atoms with Crippen molar-refractivity contribution in [3.8, 4) is 11.1 Å². The molecule has 2 atom stereocenters. The number of hydrogen-bond donors (Lipinski definition) is 3. The Kier molecular flexibility index (Phi) is 6.75. The molecule has 1 aliphatic rings. The molecular weight excluding hydrogens is 486 g/mol. The molecule has 1 fully saturated rings. The second-order valence-corrected chi connectivity index (χ2v) is 10.4. The van der Waals surface area contributed by atoms with Crippen LogP contribution in [0.4, 0.5) is 20.4 Å². The quantitative estimate of drug-likeness (QED) is 0.346. The van der Waals surface area contributed by atoms with E-state index in [1.165, 1.54) is 12.1 Å². The highest BCUT2D eigenvalue weighted by Gasteiger charge is 2.21. The lowest BCUT2D eigenvalue weighted by Gasteiger charge is -2.26. The van der Waals surface area contributed by atoms with Crippen LogP contribution in [-0.4, -0.2) is 48.7 Å². The third kappa shape index (κ3) is 5.74. The molecule has 11 heteroatoms. The molecule has 2 aromatic heterocycles. The van der Waals surface area contributed by atoms with Crippen molar-refractivity contribution in [2.45, 2.75) is 24.4 Å². The summed E-state index contributed by atoms with van der Waals surface area (Å²) in [5, 5.41) is 6.80. The lowest BCUT2D eigenvalue weighted by atomic mass is 10.1. The van der Waals surface area contributed by atoms with Crippen LogP contribution in [0.3, 0.4) is 0 Å². The Hall–Kier alpha value is -3.70. The van der Waals surface area contributed by atoms with Gasteiger partial charge in [-0.3, -0.25) is 4.72 Å². The highest BCUT2D eigenvalue weighted by molar-refractivity contribution is 7.91. The minimum Gasteiger partial charge on any atom is -0.350 e. The van der Waals surface area contributed by atoms with Crippen LogP contribution in [0.2, 0.25) is 0 Å². The van der Waals surface area contributed by atoms with E-state index in [1.54, 1.807) is 54.9 Å². The molecule has 0 saturated carbocycles. The van der Waals surface area contributed by atoms with E-state index in [0.29, 0.717) is 53.2 Å². The van der Waals surface area contributed by atoms with Crippen molar-refractivity contribution in [1.82, 2.24) is 20.3 Å². The van der Waals surface area contributed by atoms with Gasteiger partial charge in [0, 0.05) is 48.9 Å². The molecule has 0 unspecified atom stereocenters. The zero-order chi connectivity index (χ0) is 25.1. The Morgan fingerprint density at radius 3 is 2.61 bits per heavy atom. The first-order chi connectivity index (χ1) is 17.3. The third-order valence-corrected chi connectivity index (χ3v) is 7.07. The van der Waals surface area contributed by atoms with Gasteiger partial charge in [0.25, 0.3) is 0 Å². The van der Waals surface area contributed by atoms with Gasteiger partial charge in [0.1, 0.15) is 12.0 Å². The summed E-state index contributed by atoms with van der Waals surface area (Å²) in [6.45, 7) is 0.973. The van der Waals surface area contributed by atoms with E-state index >= 15 is 0 Å². The number of sulfonamides is 1. The number of alkyl halides is 1. The predicted molar refractivity (Wildman–Crippen MR) is 135 cm³/mol. The second-order valence-electron chi connectivity index (χ2n) is 8.70. The number of fused-ring (bicyclic) bond motifs is 1. The first-order valence-electron chi connectivity index (χ1n) is 11.4. The van der Waals surface area contributed by atoms with Crippen molar-refractivity contribution in [2.24, 2.45) is 0 Å². The van der Waals surface area contributed by atoms with Crippen LogP contribution in [0, 0.1) is 5.82 Å². The van der Waals surface area contributed by atoms with Crippen molar-refractivity contribution in [3.63, 3.8) is 0 Å². The molecular formula is C25H24F2N6O2S. The third-order valence-electron chi connectivity index (χ3n) is 5.83. The van der Waals surface area contributed by atoms with Crippen molar-refractivity contribution >= 4 is 32.7 Å². The van der Waals surface area contributed by atoms with Crippen LogP contribution >= 0.6 is 0 Å². The van der Waals surface area contributed by atoms with E-state index in [1.807, 2.05) is 0 Å². The molecule has 186 valence electrons. The maximum absolute atomic E-state index is 14.8. The Balaban J connectivity index is 1.31. The molecule has 36 heavy (non-hydrogen) atoms. The van der Waals surface area contributed by atoms with Gasteiger partial charge in [-0.05, 0) is 29.3 Å². The van der Waals surface area contributed by atoms with E-state index in [4.69, 9.17) is 0 Å². The summed E-state index contributed by atoms with van der Waals surface area (Å²) in [6.07, 6.45) is 2.63. The van der Waals surface area contributed by atoms with Gasteiger partial charge in [-0.1, -0.05) is 36.4 Å². The highest BCUT2D eigenvalue weighted by atomic mass is 32.2. The van der Waals surface area contributed by atoms with Crippen molar-refractivity contribution in [3.05, 3.63) is 78.4 Å². The molecule has 3 heterocycles. The van der Waals surface area contributed by atoms with E-state index in [0.717, 1.165) is 0 Å². The number of nitrogens with zero attached hydrogens (tertiary/aromatic N) is 3. The Bertz CT molecular complexity index is 1490. The van der Waals surface area contributed by atoms with E-state index in [2.05, 4.69) is 30.3 Å². The molecule has 2 aromatic carbocycles. The first kappa shape index (κ1) is 24.0. The van der Waals surface area contributed by atoms with E-state index in [9.17, 15) is 17.2 Å². The van der Waals surface area contributed by atoms with Crippen molar-refractivity contribution in [1.29, 1.82) is 0 Å². The molecule has 4 aromatic rings. The average molecular weight is 511 g/mol. The average Bonchev–Trinajstić information content (AvgIpc) is 2.85. The molecule has 3 N–H and O–H groups in total. The fraction of sp³-hybridized carbons (Fsp3) is 0.240. The molecule has 0 radical (unpaired) electrons. The van der Waals surface area contributed by atoms with Crippen LogP contribution < -0.4 is 15.4 Å². The Morgan fingerprint density at radius 1 is 1.00 bits per heavy atom. The lowest BCUT2D eigenvalue weighted by Crippen LogP contribution is -2.44. The smallest absolute Gasteiger partial charge is 0.237 e. The topological polar surface area (TPSA) is 109 Å². The number of pyridine rings is 1. The largest absolute Gasteiger partial charge is 0.350 e. The van der Waals surface area contributed by atoms with Gasteiger partial charge in [-0.2, -0.15) is 4.98 Å².